The Kier molecular flexibility index (Phi) is 5.43. The van der Waals surface area contributed by atoms with E-state index in [1.54, 1.807) is 0 Å². The number of amides is 1. The summed E-state index contributed by atoms with van der Waals surface area (Å²) in [5.41, 5.74) is 0.0721. The number of carbonyl (C=O) groups is 1. The smallest absolute Gasteiger partial charge is 0.257 e. The van der Waals surface area contributed by atoms with Gasteiger partial charge in [-0.05, 0) is 30.3 Å². The molecule has 2 aromatic carbocycles. The van der Waals surface area contributed by atoms with Crippen molar-refractivity contribution in [2.24, 2.45) is 0 Å². The molecule has 1 aliphatic rings. The van der Waals surface area contributed by atoms with E-state index >= 15 is 0 Å². The van der Waals surface area contributed by atoms with Gasteiger partial charge < -0.3 is 9.64 Å². The zero-order valence-corrected chi connectivity index (χ0v) is 15.4. The van der Waals surface area contributed by atoms with Crippen molar-refractivity contribution in [3.05, 3.63) is 59.7 Å². The Morgan fingerprint density at radius 1 is 1.04 bits per heavy atom. The first-order chi connectivity index (χ1) is 12.8. The molecule has 0 aliphatic carbocycles. The Morgan fingerprint density at radius 2 is 1.70 bits per heavy atom. The van der Waals surface area contributed by atoms with E-state index in [4.69, 9.17) is 4.74 Å². The number of hydrogen-bond donors (Lipinski definition) is 0. The minimum Gasteiger partial charge on any atom is -0.496 e. The van der Waals surface area contributed by atoms with Crippen LogP contribution in [0.1, 0.15) is 10.4 Å². The molecule has 0 radical (unpaired) electrons. The summed E-state index contributed by atoms with van der Waals surface area (Å²) in [6.45, 7) is 0.235. The Balaban J connectivity index is 1.75. The topological polar surface area (TPSA) is 66.9 Å². The van der Waals surface area contributed by atoms with Gasteiger partial charge in [0.05, 0.1) is 12.7 Å². The highest BCUT2D eigenvalue weighted by molar-refractivity contribution is 7.89. The van der Waals surface area contributed by atoms with Crippen LogP contribution in [-0.4, -0.2) is 56.8 Å². The summed E-state index contributed by atoms with van der Waals surface area (Å²) in [5.74, 6) is -1.60. The molecule has 0 aromatic heterocycles. The van der Waals surface area contributed by atoms with Gasteiger partial charge in [0.1, 0.15) is 22.3 Å². The number of sulfonamides is 1. The first-order valence-electron chi connectivity index (χ1n) is 8.22. The summed E-state index contributed by atoms with van der Waals surface area (Å²) in [5, 5.41) is 0. The third kappa shape index (κ3) is 3.79. The van der Waals surface area contributed by atoms with E-state index in [1.165, 1.54) is 42.3 Å². The van der Waals surface area contributed by atoms with Crippen molar-refractivity contribution in [3.63, 3.8) is 0 Å². The van der Waals surface area contributed by atoms with Gasteiger partial charge in [0.15, 0.2) is 0 Å². The Labute approximate surface area is 156 Å². The van der Waals surface area contributed by atoms with Crippen molar-refractivity contribution in [1.82, 2.24) is 9.21 Å². The number of piperazine rings is 1. The van der Waals surface area contributed by atoms with Gasteiger partial charge in [0.2, 0.25) is 10.0 Å². The van der Waals surface area contributed by atoms with Crippen LogP contribution in [0.2, 0.25) is 0 Å². The molecule has 0 N–H and O–H groups in total. The molecule has 1 heterocycles. The third-order valence-electron chi connectivity index (χ3n) is 4.37. The molecule has 1 amide bonds. The number of hydrogen-bond acceptors (Lipinski definition) is 4. The normalized spacial score (nSPS) is 15.6. The summed E-state index contributed by atoms with van der Waals surface area (Å²) in [4.78, 5) is 13.7. The van der Waals surface area contributed by atoms with E-state index in [-0.39, 0.29) is 37.5 Å². The van der Waals surface area contributed by atoms with E-state index in [0.717, 1.165) is 16.4 Å². The maximum absolute atomic E-state index is 13.9. The molecule has 0 unspecified atom stereocenters. The van der Waals surface area contributed by atoms with Crippen molar-refractivity contribution in [3.8, 4) is 5.75 Å². The fourth-order valence-electron chi connectivity index (χ4n) is 2.94. The summed E-state index contributed by atoms with van der Waals surface area (Å²) in [7, 11) is -2.61. The second-order valence-corrected chi connectivity index (χ2v) is 7.88. The summed E-state index contributed by atoms with van der Waals surface area (Å²) in [6, 6.07) is 8.80. The molecule has 2 aromatic rings. The summed E-state index contributed by atoms with van der Waals surface area (Å²) >= 11 is 0. The molecule has 27 heavy (non-hydrogen) atoms. The molecule has 9 heteroatoms. The largest absolute Gasteiger partial charge is 0.496 e. The zero-order valence-electron chi connectivity index (χ0n) is 14.6. The number of rotatable bonds is 4. The van der Waals surface area contributed by atoms with Crippen LogP contribution in [0.3, 0.4) is 0 Å². The van der Waals surface area contributed by atoms with Gasteiger partial charge in [-0.15, -0.1) is 0 Å². The maximum Gasteiger partial charge on any atom is 0.257 e. The maximum atomic E-state index is 13.9. The van der Waals surface area contributed by atoms with Gasteiger partial charge in [0.25, 0.3) is 5.91 Å². The fourth-order valence-corrected chi connectivity index (χ4v) is 4.43. The zero-order chi connectivity index (χ0) is 19.6. The summed E-state index contributed by atoms with van der Waals surface area (Å²) in [6.07, 6.45) is 0. The lowest BCUT2D eigenvalue weighted by Crippen LogP contribution is -2.50. The first-order valence-corrected chi connectivity index (χ1v) is 9.66. The molecule has 144 valence electrons. The SMILES string of the molecule is COc1ccc(F)cc1C(=O)N1CCN(S(=O)(=O)c2ccccc2F)CC1. The van der Waals surface area contributed by atoms with E-state index in [2.05, 4.69) is 0 Å². The van der Waals surface area contributed by atoms with Gasteiger partial charge in [-0.2, -0.15) is 4.31 Å². The van der Waals surface area contributed by atoms with Gasteiger partial charge in [-0.25, -0.2) is 17.2 Å². The van der Waals surface area contributed by atoms with E-state index in [1.807, 2.05) is 0 Å². The van der Waals surface area contributed by atoms with Crippen LogP contribution < -0.4 is 4.74 Å². The summed E-state index contributed by atoms with van der Waals surface area (Å²) < 4.78 is 58.8. The second kappa shape index (κ2) is 7.61. The molecular formula is C18H18F2N2O4S. The Morgan fingerprint density at radius 3 is 2.33 bits per heavy atom. The van der Waals surface area contributed by atoms with Gasteiger partial charge in [-0.3, -0.25) is 4.79 Å². The molecule has 0 saturated carbocycles. The molecule has 0 atom stereocenters. The molecule has 3 rings (SSSR count). The lowest BCUT2D eigenvalue weighted by molar-refractivity contribution is 0.0694. The van der Waals surface area contributed by atoms with E-state index in [9.17, 15) is 22.0 Å². The van der Waals surface area contributed by atoms with Crippen LogP contribution in [0.5, 0.6) is 5.75 Å². The van der Waals surface area contributed by atoms with Crippen LogP contribution in [0.25, 0.3) is 0 Å². The number of carbonyl (C=O) groups excluding carboxylic acids is 1. The van der Waals surface area contributed by atoms with Crippen LogP contribution in [0.15, 0.2) is 47.4 Å². The molecule has 6 nitrogen and oxygen atoms in total. The van der Waals surface area contributed by atoms with Gasteiger partial charge in [0, 0.05) is 26.2 Å². The lowest BCUT2D eigenvalue weighted by Gasteiger charge is -2.34. The van der Waals surface area contributed by atoms with Crippen LogP contribution in [0, 0.1) is 11.6 Å². The molecular weight excluding hydrogens is 378 g/mol. The number of ether oxygens (including phenoxy) is 1. The highest BCUT2D eigenvalue weighted by Gasteiger charge is 2.32. The lowest BCUT2D eigenvalue weighted by atomic mass is 10.1. The van der Waals surface area contributed by atoms with E-state index < -0.39 is 32.5 Å². The Bertz CT molecular complexity index is 958. The Hall–Kier alpha value is -2.52. The third-order valence-corrected chi connectivity index (χ3v) is 6.30. The molecule has 0 spiro atoms. The predicted octanol–water partition coefficient (Wildman–Crippen LogP) is 2.12. The number of methoxy groups -OCH3 is 1. The number of nitrogens with zero attached hydrogens (tertiary/aromatic N) is 2. The molecule has 1 saturated heterocycles. The number of benzene rings is 2. The van der Waals surface area contributed by atoms with Crippen molar-refractivity contribution >= 4 is 15.9 Å². The average molecular weight is 396 g/mol. The van der Waals surface area contributed by atoms with Gasteiger partial charge in [-0.1, -0.05) is 12.1 Å². The minimum absolute atomic E-state index is 0.0139. The van der Waals surface area contributed by atoms with Gasteiger partial charge >= 0.3 is 0 Å². The van der Waals surface area contributed by atoms with Crippen molar-refractivity contribution in [1.29, 1.82) is 0 Å². The minimum atomic E-state index is -3.99. The first kappa shape index (κ1) is 19.2. The predicted molar refractivity (Wildman–Crippen MR) is 94.0 cm³/mol. The monoisotopic (exact) mass is 396 g/mol. The highest BCUT2D eigenvalue weighted by atomic mass is 32.2. The van der Waals surface area contributed by atoms with Crippen LogP contribution >= 0.6 is 0 Å². The van der Waals surface area contributed by atoms with Crippen LogP contribution in [0.4, 0.5) is 8.78 Å². The number of halogens is 2. The van der Waals surface area contributed by atoms with Crippen LogP contribution in [-0.2, 0) is 10.0 Å². The average Bonchev–Trinajstić information content (AvgIpc) is 2.67. The van der Waals surface area contributed by atoms with Crippen molar-refractivity contribution in [2.75, 3.05) is 33.3 Å². The molecule has 0 bridgehead atoms. The standard InChI is InChI=1S/C18H18F2N2O4S/c1-26-16-7-6-13(19)12-14(16)18(23)21-8-10-22(11-9-21)27(24,25)17-5-3-2-4-15(17)20/h2-7,12H,8-11H2,1H3. The second-order valence-electron chi connectivity index (χ2n) is 5.97. The highest BCUT2D eigenvalue weighted by Crippen LogP contribution is 2.24. The van der Waals surface area contributed by atoms with E-state index in [0.29, 0.717) is 0 Å². The van der Waals surface area contributed by atoms with Crippen molar-refractivity contribution < 1.29 is 26.7 Å². The fraction of sp³-hybridized carbons (Fsp3) is 0.278. The quantitative estimate of drug-likeness (QED) is 0.794. The van der Waals surface area contributed by atoms with Crippen molar-refractivity contribution in [2.45, 2.75) is 4.90 Å². The molecule has 1 fully saturated rings. The molecule has 1 aliphatic heterocycles.